The highest BCUT2D eigenvalue weighted by atomic mass is 31.2. The van der Waals surface area contributed by atoms with Crippen LogP contribution in [0, 0.1) is 0 Å². The molecule has 0 amide bonds. The Morgan fingerprint density at radius 2 is 0.966 bits per heavy atom. The number of rotatable bonds is 33. The van der Waals surface area contributed by atoms with E-state index in [0.717, 1.165) is 83.5 Å². The van der Waals surface area contributed by atoms with Crippen LogP contribution in [0.4, 0.5) is 0 Å². The van der Waals surface area contributed by atoms with E-state index in [0.29, 0.717) is 19.4 Å². The summed E-state index contributed by atoms with van der Waals surface area (Å²) in [5.74, 6) is -0.548. The van der Waals surface area contributed by atoms with Crippen LogP contribution in [0.15, 0.2) is 97.2 Å². The third kappa shape index (κ3) is 27.1. The largest absolute Gasteiger partial charge is 0.472 e. The molecule has 0 saturated heterocycles. The van der Waals surface area contributed by atoms with E-state index in [2.05, 4.69) is 98.9 Å². The molecule has 330 valence electrons. The summed E-state index contributed by atoms with van der Waals surface area (Å²) in [6.07, 6.45) is 34.9. The van der Waals surface area contributed by atoms with Crippen molar-refractivity contribution in [2.75, 3.05) is 19.8 Å². The lowest BCUT2D eigenvalue weighted by Crippen LogP contribution is -2.64. The zero-order valence-corrected chi connectivity index (χ0v) is 35.7. The van der Waals surface area contributed by atoms with Gasteiger partial charge in [0, 0.05) is 13.0 Å². The van der Waals surface area contributed by atoms with Crippen molar-refractivity contribution in [2.45, 2.75) is 159 Å². The Labute approximate surface area is 347 Å². The van der Waals surface area contributed by atoms with Gasteiger partial charge in [0.05, 0.1) is 13.2 Å². The summed E-state index contributed by atoms with van der Waals surface area (Å²) in [6, 6.07) is 0. The quantitative estimate of drug-likeness (QED) is 0.0162. The molecule has 1 saturated carbocycles. The zero-order valence-electron chi connectivity index (χ0n) is 34.8. The highest BCUT2D eigenvalue weighted by Gasteiger charge is 2.51. The van der Waals surface area contributed by atoms with Gasteiger partial charge in [-0.05, 0) is 83.5 Å². The van der Waals surface area contributed by atoms with Gasteiger partial charge in [-0.25, -0.2) is 4.57 Å². The van der Waals surface area contributed by atoms with Gasteiger partial charge in [0.2, 0.25) is 0 Å². The van der Waals surface area contributed by atoms with Crippen molar-refractivity contribution in [3.8, 4) is 0 Å². The molecule has 0 aromatic rings. The summed E-state index contributed by atoms with van der Waals surface area (Å²) >= 11 is 0. The summed E-state index contributed by atoms with van der Waals surface area (Å²) < 4.78 is 34.0. The van der Waals surface area contributed by atoms with Crippen molar-refractivity contribution in [2.24, 2.45) is 0 Å². The Hall–Kier alpha value is -2.74. The van der Waals surface area contributed by atoms with Gasteiger partial charge in [-0.3, -0.25) is 13.8 Å². The molecule has 0 heterocycles. The fraction of sp³-hybridized carbons (Fsp3) is 0.622. The molecule has 0 spiro atoms. The van der Waals surface area contributed by atoms with Crippen molar-refractivity contribution in [3.63, 3.8) is 0 Å². The number of unbranched alkanes of at least 4 members (excludes halogenated alkanes) is 5. The number of allylic oxidation sites excluding steroid dienone is 16. The first-order chi connectivity index (χ1) is 28.0. The van der Waals surface area contributed by atoms with Crippen LogP contribution in [0.5, 0.6) is 0 Å². The number of esters is 1. The van der Waals surface area contributed by atoms with E-state index < -0.39 is 63.1 Å². The SMILES string of the molecule is CC/C=C\C/C=C\C/C=C\C/C=C\C/C=C\CCCC(=O)OC(COCCCCCC/C=C\C/C=C\C/C=C\CC)COP(=O)(O)OC1C(O)C(O)C(O)C(O)C1O. The van der Waals surface area contributed by atoms with E-state index in [1.165, 1.54) is 0 Å². The third-order valence-electron chi connectivity index (χ3n) is 8.95. The van der Waals surface area contributed by atoms with Gasteiger partial charge < -0.3 is 39.9 Å². The number of aliphatic hydroxyl groups excluding tert-OH is 5. The van der Waals surface area contributed by atoms with Gasteiger partial charge in [0.1, 0.15) is 42.7 Å². The molecule has 58 heavy (non-hydrogen) atoms. The Kier molecular flexibility index (Phi) is 32.2. The average molecular weight is 837 g/mol. The molecule has 6 N–H and O–H groups in total. The lowest BCUT2D eigenvalue weighted by atomic mass is 9.85. The maximum atomic E-state index is 12.8. The number of carbonyl (C=O) groups is 1. The normalized spacial score (nSPS) is 23.7. The first-order valence-electron chi connectivity index (χ1n) is 21.1. The van der Waals surface area contributed by atoms with E-state index >= 15 is 0 Å². The van der Waals surface area contributed by atoms with Crippen molar-refractivity contribution in [3.05, 3.63) is 97.2 Å². The van der Waals surface area contributed by atoms with Crippen LogP contribution >= 0.6 is 7.82 Å². The monoisotopic (exact) mass is 836 g/mol. The third-order valence-corrected chi connectivity index (χ3v) is 9.94. The molecule has 6 atom stereocenters. The van der Waals surface area contributed by atoms with Crippen LogP contribution in [0.25, 0.3) is 0 Å². The van der Waals surface area contributed by atoms with Gasteiger partial charge in [-0.15, -0.1) is 0 Å². The number of phosphoric ester groups is 1. The van der Waals surface area contributed by atoms with Crippen LogP contribution in [0.3, 0.4) is 0 Å². The average Bonchev–Trinajstić information content (AvgIpc) is 3.21. The molecule has 12 nitrogen and oxygen atoms in total. The Balaban J connectivity index is 2.52. The van der Waals surface area contributed by atoms with E-state index in [4.69, 9.17) is 18.5 Å². The highest BCUT2D eigenvalue weighted by Crippen LogP contribution is 2.47. The summed E-state index contributed by atoms with van der Waals surface area (Å²) in [5.41, 5.74) is 0. The Bertz CT molecular complexity index is 1320. The molecule has 0 aromatic heterocycles. The lowest BCUT2D eigenvalue weighted by Gasteiger charge is -2.41. The number of ether oxygens (including phenoxy) is 2. The standard InChI is InChI=1S/C45H73O12P/c1-3-5-7-9-11-13-15-17-19-20-21-22-24-26-28-30-32-34-39(46)56-38(36-54-35-33-31-29-27-25-23-18-16-14-12-10-8-6-4-2)37-55-58(52,53)57-45-43(50)41(48)40(47)42(49)44(45)51/h5-8,11-14,17-19,21-23,26,28,38,40-45,47-51H,3-4,9-10,15-16,20,24-25,27,29-37H2,1-2H3,(H,52,53)/b7-5-,8-6-,13-11-,14-12-,19-17-,22-21-,23-18-,28-26-. The van der Waals surface area contributed by atoms with Crippen molar-refractivity contribution >= 4 is 13.8 Å². The number of phosphoric acid groups is 1. The Morgan fingerprint density at radius 3 is 1.45 bits per heavy atom. The minimum absolute atomic E-state index is 0.0949. The molecule has 0 aliphatic heterocycles. The molecular weight excluding hydrogens is 763 g/mol. The maximum Gasteiger partial charge on any atom is 0.472 e. The molecule has 1 aliphatic carbocycles. The molecule has 6 unspecified atom stereocenters. The van der Waals surface area contributed by atoms with Gasteiger partial charge >= 0.3 is 13.8 Å². The number of hydrogen-bond donors (Lipinski definition) is 6. The molecule has 13 heteroatoms. The van der Waals surface area contributed by atoms with Crippen molar-refractivity contribution in [1.82, 2.24) is 0 Å². The first kappa shape index (κ1) is 53.3. The molecule has 0 radical (unpaired) electrons. The minimum Gasteiger partial charge on any atom is -0.457 e. The predicted molar refractivity (Wildman–Crippen MR) is 230 cm³/mol. The number of aliphatic hydroxyl groups is 5. The van der Waals surface area contributed by atoms with E-state index in [-0.39, 0.29) is 13.0 Å². The fourth-order valence-corrected chi connectivity index (χ4v) is 6.61. The molecule has 0 bridgehead atoms. The second-order valence-corrected chi connectivity index (χ2v) is 15.5. The number of carbonyl (C=O) groups excluding carboxylic acids is 1. The second kappa shape index (κ2) is 35.1. The second-order valence-electron chi connectivity index (χ2n) is 14.1. The lowest BCUT2D eigenvalue weighted by molar-refractivity contribution is -0.220. The van der Waals surface area contributed by atoms with Crippen LogP contribution in [0.2, 0.25) is 0 Å². The van der Waals surface area contributed by atoms with E-state index in [1.54, 1.807) is 0 Å². The Morgan fingerprint density at radius 1 is 0.552 bits per heavy atom. The smallest absolute Gasteiger partial charge is 0.457 e. The van der Waals surface area contributed by atoms with E-state index in [9.17, 15) is 39.8 Å². The molecule has 1 fully saturated rings. The number of hydrogen-bond acceptors (Lipinski definition) is 11. The maximum absolute atomic E-state index is 12.8. The summed E-state index contributed by atoms with van der Waals surface area (Å²) in [5, 5.41) is 50.1. The van der Waals surface area contributed by atoms with Gasteiger partial charge in [-0.1, -0.05) is 124 Å². The topological polar surface area (TPSA) is 192 Å². The van der Waals surface area contributed by atoms with Crippen LogP contribution in [-0.2, 0) is 27.9 Å². The fourth-order valence-electron chi connectivity index (χ4n) is 5.64. The van der Waals surface area contributed by atoms with Crippen molar-refractivity contribution in [1.29, 1.82) is 0 Å². The molecular formula is C45H73O12P. The summed E-state index contributed by atoms with van der Waals surface area (Å²) in [4.78, 5) is 23.1. The zero-order chi connectivity index (χ0) is 42.7. The molecule has 0 aromatic carbocycles. The minimum atomic E-state index is -5.04. The van der Waals surface area contributed by atoms with Gasteiger partial charge in [0.15, 0.2) is 0 Å². The van der Waals surface area contributed by atoms with Crippen LogP contribution in [-0.4, -0.2) is 98.9 Å². The van der Waals surface area contributed by atoms with E-state index in [1.807, 2.05) is 12.2 Å². The van der Waals surface area contributed by atoms with Crippen molar-refractivity contribution < 1.29 is 58.3 Å². The predicted octanol–water partition coefficient (Wildman–Crippen LogP) is 7.97. The van der Waals surface area contributed by atoms with Gasteiger partial charge in [-0.2, -0.15) is 0 Å². The molecule has 1 aliphatic rings. The summed E-state index contributed by atoms with van der Waals surface area (Å²) in [6.45, 7) is 3.88. The summed E-state index contributed by atoms with van der Waals surface area (Å²) in [7, 11) is -5.04. The molecule has 1 rings (SSSR count). The highest BCUT2D eigenvalue weighted by molar-refractivity contribution is 7.47. The first-order valence-corrected chi connectivity index (χ1v) is 22.6. The van der Waals surface area contributed by atoms with Crippen LogP contribution < -0.4 is 0 Å². The van der Waals surface area contributed by atoms with Crippen LogP contribution in [0.1, 0.15) is 117 Å². The van der Waals surface area contributed by atoms with Gasteiger partial charge in [0.25, 0.3) is 0 Å².